The van der Waals surface area contributed by atoms with Crippen LogP contribution in [0.5, 0.6) is 0 Å². The summed E-state index contributed by atoms with van der Waals surface area (Å²) >= 11 is 0. The van der Waals surface area contributed by atoms with Crippen molar-refractivity contribution in [2.75, 3.05) is 5.43 Å². The maximum Gasteiger partial charge on any atom is 0.342 e. The Labute approximate surface area is 77.5 Å². The topological polar surface area (TPSA) is 131 Å². The van der Waals surface area contributed by atoms with Gasteiger partial charge in [-0.2, -0.15) is 0 Å². The second-order valence-electron chi connectivity index (χ2n) is 2.29. The first kappa shape index (κ1) is 9.86. The molecule has 0 saturated carbocycles. The summed E-state index contributed by atoms with van der Waals surface area (Å²) < 4.78 is 0. The van der Waals surface area contributed by atoms with Gasteiger partial charge in [0.15, 0.2) is 0 Å². The van der Waals surface area contributed by atoms with E-state index in [1.165, 1.54) is 0 Å². The molecule has 1 heterocycles. The van der Waals surface area contributed by atoms with Gasteiger partial charge >= 0.3 is 11.7 Å². The predicted octanol–water partition coefficient (Wildman–Crippen LogP) is -0.0264. The van der Waals surface area contributed by atoms with Crippen LogP contribution in [0.4, 0.5) is 11.5 Å². The number of aromatic nitrogens is 1. The van der Waals surface area contributed by atoms with E-state index in [4.69, 9.17) is 10.9 Å². The van der Waals surface area contributed by atoms with Gasteiger partial charge in [0.05, 0.1) is 4.92 Å². The summed E-state index contributed by atoms with van der Waals surface area (Å²) in [6.45, 7) is 0. The minimum Gasteiger partial charge on any atom is -0.477 e. The smallest absolute Gasteiger partial charge is 0.342 e. The van der Waals surface area contributed by atoms with Gasteiger partial charge in [0, 0.05) is 6.07 Å². The van der Waals surface area contributed by atoms with Crippen molar-refractivity contribution in [1.82, 2.24) is 4.98 Å². The highest BCUT2D eigenvalue weighted by Gasteiger charge is 2.20. The van der Waals surface area contributed by atoms with E-state index in [2.05, 4.69) is 10.4 Å². The molecule has 74 valence electrons. The third-order valence-electron chi connectivity index (χ3n) is 1.46. The van der Waals surface area contributed by atoms with Crippen LogP contribution in [0.2, 0.25) is 0 Å². The molecule has 1 aromatic rings. The number of rotatable bonds is 3. The van der Waals surface area contributed by atoms with Gasteiger partial charge in [-0.25, -0.2) is 15.6 Å². The molecule has 0 aromatic carbocycles. The zero-order valence-corrected chi connectivity index (χ0v) is 6.80. The third kappa shape index (κ3) is 1.75. The number of aromatic carboxylic acids is 1. The highest BCUT2D eigenvalue weighted by molar-refractivity contribution is 5.93. The summed E-state index contributed by atoms with van der Waals surface area (Å²) in [7, 11) is 0. The van der Waals surface area contributed by atoms with Crippen molar-refractivity contribution in [2.45, 2.75) is 0 Å². The molecule has 0 aliphatic rings. The van der Waals surface area contributed by atoms with Crippen molar-refractivity contribution in [3.63, 3.8) is 0 Å². The van der Waals surface area contributed by atoms with Gasteiger partial charge in [0.2, 0.25) is 0 Å². The van der Waals surface area contributed by atoms with Crippen LogP contribution in [0.15, 0.2) is 12.3 Å². The normalized spacial score (nSPS) is 9.50. The zero-order valence-electron chi connectivity index (χ0n) is 6.80. The van der Waals surface area contributed by atoms with Crippen LogP contribution >= 0.6 is 0 Å². The first-order valence-electron chi connectivity index (χ1n) is 3.40. The Kier molecular flexibility index (Phi) is 2.58. The van der Waals surface area contributed by atoms with Gasteiger partial charge in [0.25, 0.3) is 0 Å². The van der Waals surface area contributed by atoms with Crippen LogP contribution in [-0.2, 0) is 0 Å². The Bertz CT molecular complexity index is 391. The highest BCUT2D eigenvalue weighted by Crippen LogP contribution is 2.19. The molecule has 8 nitrogen and oxygen atoms in total. The lowest BCUT2D eigenvalue weighted by Crippen LogP contribution is -2.11. The fraction of sp³-hybridized carbons (Fsp3) is 0. The Morgan fingerprint density at radius 1 is 1.71 bits per heavy atom. The van der Waals surface area contributed by atoms with E-state index in [9.17, 15) is 14.9 Å². The number of anilines is 1. The van der Waals surface area contributed by atoms with Gasteiger partial charge in [-0.1, -0.05) is 0 Å². The number of nitrogens with one attached hydrogen (secondary N) is 1. The highest BCUT2D eigenvalue weighted by atomic mass is 16.6. The van der Waals surface area contributed by atoms with E-state index in [0.717, 1.165) is 12.3 Å². The van der Waals surface area contributed by atoms with Gasteiger partial charge in [-0.05, 0) is 0 Å². The number of hydrogen-bond donors (Lipinski definition) is 3. The quantitative estimate of drug-likeness (QED) is 0.353. The van der Waals surface area contributed by atoms with Crippen LogP contribution < -0.4 is 11.3 Å². The van der Waals surface area contributed by atoms with E-state index >= 15 is 0 Å². The van der Waals surface area contributed by atoms with E-state index in [0.29, 0.717) is 0 Å². The monoisotopic (exact) mass is 198 g/mol. The Morgan fingerprint density at radius 2 is 2.36 bits per heavy atom. The number of carboxylic acids is 1. The average Bonchev–Trinajstić information content (AvgIpc) is 2.16. The SMILES string of the molecule is NNc1cc(C(=O)O)c([N+](=O)[O-])cn1. The number of carboxylic acid groups (broad SMARTS) is 1. The summed E-state index contributed by atoms with van der Waals surface area (Å²) in [5.74, 6) is 3.61. The predicted molar refractivity (Wildman–Crippen MR) is 45.7 cm³/mol. The third-order valence-corrected chi connectivity index (χ3v) is 1.46. The number of nitrogens with zero attached hydrogens (tertiary/aromatic N) is 2. The number of pyridine rings is 1. The maximum atomic E-state index is 10.6. The van der Waals surface area contributed by atoms with Crippen LogP contribution in [0.1, 0.15) is 10.4 Å². The number of hydrogen-bond acceptors (Lipinski definition) is 6. The van der Waals surface area contributed by atoms with E-state index in [1.807, 2.05) is 0 Å². The van der Waals surface area contributed by atoms with Crippen molar-refractivity contribution in [2.24, 2.45) is 5.84 Å². The zero-order chi connectivity index (χ0) is 10.7. The number of nitro groups is 1. The second kappa shape index (κ2) is 3.66. The molecule has 8 heteroatoms. The molecule has 0 unspecified atom stereocenters. The molecule has 1 aromatic heterocycles. The molecule has 14 heavy (non-hydrogen) atoms. The maximum absolute atomic E-state index is 10.6. The average molecular weight is 198 g/mol. The number of hydrazine groups is 1. The fourth-order valence-electron chi connectivity index (χ4n) is 0.844. The minimum atomic E-state index is -1.41. The summed E-state index contributed by atoms with van der Waals surface area (Å²) in [6, 6.07) is 0.987. The summed E-state index contributed by atoms with van der Waals surface area (Å²) in [4.78, 5) is 23.7. The van der Waals surface area contributed by atoms with Crippen molar-refractivity contribution >= 4 is 17.5 Å². The van der Waals surface area contributed by atoms with Crippen LogP contribution in [-0.4, -0.2) is 21.0 Å². The van der Waals surface area contributed by atoms with Gasteiger partial charge < -0.3 is 10.5 Å². The summed E-state index contributed by atoms with van der Waals surface area (Å²) in [6.07, 6.45) is 0.832. The lowest BCUT2D eigenvalue weighted by atomic mass is 10.2. The molecule has 0 atom stereocenters. The standard InChI is InChI=1S/C6H6N4O4/c7-9-5-1-3(6(11)12)4(2-8-5)10(13)14/h1-2H,7H2,(H,8,9)(H,11,12). The minimum absolute atomic E-state index is 0.0491. The largest absolute Gasteiger partial charge is 0.477 e. The lowest BCUT2D eigenvalue weighted by molar-refractivity contribution is -0.385. The number of nitrogen functional groups attached to an aromatic ring is 1. The van der Waals surface area contributed by atoms with Gasteiger partial charge in [0.1, 0.15) is 17.6 Å². The molecule has 0 amide bonds. The van der Waals surface area contributed by atoms with E-state index < -0.39 is 22.1 Å². The fourth-order valence-corrected chi connectivity index (χ4v) is 0.844. The molecule has 0 spiro atoms. The van der Waals surface area contributed by atoms with Gasteiger partial charge in [-0.3, -0.25) is 10.1 Å². The molecule has 1 rings (SSSR count). The molecule has 0 radical (unpaired) electrons. The van der Waals surface area contributed by atoms with Crippen LogP contribution in [0.3, 0.4) is 0 Å². The first-order valence-corrected chi connectivity index (χ1v) is 3.40. The van der Waals surface area contributed by atoms with E-state index in [1.54, 1.807) is 0 Å². The van der Waals surface area contributed by atoms with Crippen molar-refractivity contribution in [1.29, 1.82) is 0 Å². The van der Waals surface area contributed by atoms with Crippen molar-refractivity contribution < 1.29 is 14.8 Å². The van der Waals surface area contributed by atoms with Crippen LogP contribution in [0, 0.1) is 10.1 Å². The molecule has 0 saturated heterocycles. The Balaban J connectivity index is 3.31. The van der Waals surface area contributed by atoms with Crippen molar-refractivity contribution in [3.05, 3.63) is 27.9 Å². The Morgan fingerprint density at radius 3 is 2.79 bits per heavy atom. The lowest BCUT2D eigenvalue weighted by Gasteiger charge is -2.00. The molecular formula is C6H6N4O4. The number of carbonyl (C=O) groups is 1. The first-order chi connectivity index (χ1) is 6.56. The van der Waals surface area contributed by atoms with Gasteiger partial charge in [-0.15, -0.1) is 0 Å². The van der Waals surface area contributed by atoms with E-state index in [-0.39, 0.29) is 5.82 Å². The van der Waals surface area contributed by atoms with Crippen molar-refractivity contribution in [3.8, 4) is 0 Å². The number of nitrogens with two attached hydrogens (primary N) is 1. The molecule has 0 aliphatic carbocycles. The molecular weight excluding hydrogens is 192 g/mol. The second-order valence-corrected chi connectivity index (χ2v) is 2.29. The Hall–Kier alpha value is -2.22. The summed E-state index contributed by atoms with van der Waals surface area (Å²) in [5.41, 5.74) is 1.06. The summed E-state index contributed by atoms with van der Waals surface area (Å²) in [5, 5.41) is 19.0. The molecule has 4 N–H and O–H groups in total. The molecule has 0 aliphatic heterocycles. The molecule has 0 fully saturated rings. The molecule has 0 bridgehead atoms. The van der Waals surface area contributed by atoms with Crippen LogP contribution in [0.25, 0.3) is 0 Å².